The fourth-order valence-electron chi connectivity index (χ4n) is 1.47. The van der Waals surface area contributed by atoms with Crippen LogP contribution in [0.3, 0.4) is 0 Å². The van der Waals surface area contributed by atoms with Crippen molar-refractivity contribution < 1.29 is 14.8 Å². The van der Waals surface area contributed by atoms with E-state index in [0.717, 1.165) is 12.8 Å². The standard InChI is InChI=1S/C11H20NO3/c1-2-3-4-5-6-7-10(9-13)8-11(14)12-15/h10,15H,2-8H2,1H3,(H,12,14). The number of hydrogen-bond donors (Lipinski definition) is 2. The largest absolute Gasteiger partial charge is 0.291 e. The molecular formula is C11H20NO3. The monoisotopic (exact) mass is 214 g/mol. The molecule has 0 rings (SSSR count). The summed E-state index contributed by atoms with van der Waals surface area (Å²) in [5.74, 6) is -0.893. The van der Waals surface area contributed by atoms with Gasteiger partial charge in [-0.2, -0.15) is 0 Å². The van der Waals surface area contributed by atoms with Gasteiger partial charge in [-0.1, -0.05) is 39.0 Å². The van der Waals surface area contributed by atoms with E-state index < -0.39 is 5.91 Å². The second kappa shape index (κ2) is 9.65. The third-order valence-electron chi connectivity index (χ3n) is 2.38. The Balaban J connectivity index is 3.52. The molecule has 0 saturated heterocycles. The van der Waals surface area contributed by atoms with Gasteiger partial charge in [0.15, 0.2) is 0 Å². The van der Waals surface area contributed by atoms with Crippen LogP contribution in [0.4, 0.5) is 0 Å². The van der Waals surface area contributed by atoms with Crippen molar-refractivity contribution in [1.29, 1.82) is 0 Å². The first-order valence-electron chi connectivity index (χ1n) is 5.55. The Morgan fingerprint density at radius 2 is 2.00 bits per heavy atom. The maximum absolute atomic E-state index is 10.8. The summed E-state index contributed by atoms with van der Waals surface area (Å²) in [4.78, 5) is 21.3. The number of amides is 1. The molecular weight excluding hydrogens is 194 g/mol. The minimum atomic E-state index is -0.517. The molecule has 0 aromatic carbocycles. The molecule has 1 radical (unpaired) electrons. The van der Waals surface area contributed by atoms with Crippen molar-refractivity contribution in [3.63, 3.8) is 0 Å². The summed E-state index contributed by atoms with van der Waals surface area (Å²) in [5.41, 5.74) is 1.52. The van der Waals surface area contributed by atoms with Crippen LogP contribution < -0.4 is 5.48 Å². The molecule has 1 atom stereocenters. The van der Waals surface area contributed by atoms with Gasteiger partial charge in [0, 0.05) is 12.3 Å². The number of hydroxylamine groups is 1. The highest BCUT2D eigenvalue weighted by molar-refractivity contribution is 5.77. The van der Waals surface area contributed by atoms with Crippen molar-refractivity contribution in [3.05, 3.63) is 0 Å². The van der Waals surface area contributed by atoms with E-state index in [4.69, 9.17) is 5.21 Å². The maximum atomic E-state index is 10.8. The predicted molar refractivity (Wildman–Crippen MR) is 57.1 cm³/mol. The number of unbranched alkanes of at least 4 members (excludes halogenated alkanes) is 4. The van der Waals surface area contributed by atoms with E-state index in [1.165, 1.54) is 24.7 Å². The molecule has 4 heteroatoms. The Morgan fingerprint density at radius 3 is 2.53 bits per heavy atom. The molecule has 0 saturated carbocycles. The van der Waals surface area contributed by atoms with Gasteiger partial charge in [-0.3, -0.25) is 14.8 Å². The lowest BCUT2D eigenvalue weighted by molar-refractivity contribution is -0.129. The molecule has 87 valence electrons. The van der Waals surface area contributed by atoms with Crippen molar-refractivity contribution in [1.82, 2.24) is 5.48 Å². The summed E-state index contributed by atoms with van der Waals surface area (Å²) in [5, 5.41) is 8.29. The van der Waals surface area contributed by atoms with E-state index in [-0.39, 0.29) is 12.3 Å². The molecule has 0 bridgehead atoms. The average molecular weight is 214 g/mol. The third-order valence-corrected chi connectivity index (χ3v) is 2.38. The first kappa shape index (κ1) is 14.1. The zero-order chi connectivity index (χ0) is 11.5. The highest BCUT2D eigenvalue weighted by Crippen LogP contribution is 2.12. The minimum absolute atomic E-state index is 0.0355. The van der Waals surface area contributed by atoms with Crippen LogP contribution in [0.1, 0.15) is 51.9 Å². The summed E-state index contributed by atoms with van der Waals surface area (Å²) in [6, 6.07) is 0. The average Bonchev–Trinajstić information content (AvgIpc) is 2.26. The topological polar surface area (TPSA) is 66.4 Å². The van der Waals surface area contributed by atoms with Crippen LogP contribution in [0.15, 0.2) is 0 Å². The SMILES string of the molecule is CCCCCCCC([C]=O)CC(=O)NO. The molecule has 4 nitrogen and oxygen atoms in total. The van der Waals surface area contributed by atoms with Gasteiger partial charge in [0.05, 0.1) is 0 Å². The molecule has 0 fully saturated rings. The molecule has 0 aliphatic rings. The fraction of sp³-hybridized carbons (Fsp3) is 0.818. The smallest absolute Gasteiger partial charge is 0.244 e. The van der Waals surface area contributed by atoms with E-state index in [1.807, 2.05) is 6.29 Å². The zero-order valence-electron chi connectivity index (χ0n) is 9.29. The Labute approximate surface area is 91.0 Å². The first-order chi connectivity index (χ1) is 7.24. The molecule has 0 aliphatic carbocycles. The number of rotatable bonds is 9. The van der Waals surface area contributed by atoms with E-state index in [2.05, 4.69) is 6.92 Å². The number of hydrogen-bond acceptors (Lipinski definition) is 3. The number of nitrogens with one attached hydrogen (secondary N) is 1. The van der Waals surface area contributed by atoms with Gasteiger partial charge in [0.2, 0.25) is 12.2 Å². The Hall–Kier alpha value is -0.900. The van der Waals surface area contributed by atoms with Gasteiger partial charge in [0.25, 0.3) is 0 Å². The molecule has 15 heavy (non-hydrogen) atoms. The maximum Gasteiger partial charge on any atom is 0.244 e. The van der Waals surface area contributed by atoms with Crippen LogP contribution >= 0.6 is 0 Å². The zero-order valence-corrected chi connectivity index (χ0v) is 9.29. The lowest BCUT2D eigenvalue weighted by Crippen LogP contribution is -2.22. The molecule has 0 spiro atoms. The summed E-state index contributed by atoms with van der Waals surface area (Å²) < 4.78 is 0. The Kier molecular flexibility index (Phi) is 9.07. The predicted octanol–water partition coefficient (Wildman–Crippen LogP) is 1.97. The Morgan fingerprint density at radius 1 is 1.33 bits per heavy atom. The molecule has 1 unspecified atom stereocenters. The molecule has 2 N–H and O–H groups in total. The highest BCUT2D eigenvalue weighted by Gasteiger charge is 2.12. The van der Waals surface area contributed by atoms with Crippen molar-refractivity contribution >= 4 is 12.2 Å². The molecule has 0 heterocycles. The lowest BCUT2D eigenvalue weighted by Gasteiger charge is -2.07. The molecule has 0 aromatic heterocycles. The summed E-state index contributed by atoms with van der Waals surface area (Å²) in [6.45, 7) is 2.15. The second-order valence-electron chi connectivity index (χ2n) is 3.76. The van der Waals surface area contributed by atoms with Crippen molar-refractivity contribution in [2.75, 3.05) is 0 Å². The number of carbonyl (C=O) groups excluding carboxylic acids is 2. The summed E-state index contributed by atoms with van der Waals surface area (Å²) in [6.07, 6.45) is 8.17. The van der Waals surface area contributed by atoms with Crippen molar-refractivity contribution in [3.8, 4) is 0 Å². The van der Waals surface area contributed by atoms with Crippen LogP contribution in [0.5, 0.6) is 0 Å². The number of carbonyl (C=O) groups is 1. The minimum Gasteiger partial charge on any atom is -0.291 e. The van der Waals surface area contributed by atoms with Crippen LogP contribution in [0, 0.1) is 5.92 Å². The van der Waals surface area contributed by atoms with E-state index >= 15 is 0 Å². The van der Waals surface area contributed by atoms with Crippen molar-refractivity contribution in [2.45, 2.75) is 51.9 Å². The van der Waals surface area contributed by atoms with Crippen molar-refractivity contribution in [2.24, 2.45) is 5.92 Å². The summed E-state index contributed by atoms with van der Waals surface area (Å²) >= 11 is 0. The van der Waals surface area contributed by atoms with Gasteiger partial charge >= 0.3 is 0 Å². The third kappa shape index (κ3) is 8.12. The second-order valence-corrected chi connectivity index (χ2v) is 3.76. The van der Waals surface area contributed by atoms with Crippen LogP contribution in [-0.4, -0.2) is 17.4 Å². The fourth-order valence-corrected chi connectivity index (χ4v) is 1.47. The van der Waals surface area contributed by atoms with Crippen LogP contribution in [0.2, 0.25) is 0 Å². The normalized spacial score (nSPS) is 12.1. The van der Waals surface area contributed by atoms with Gasteiger partial charge < -0.3 is 0 Å². The lowest BCUT2D eigenvalue weighted by atomic mass is 9.98. The molecule has 1 amide bonds. The van der Waals surface area contributed by atoms with E-state index in [1.54, 1.807) is 0 Å². The first-order valence-corrected chi connectivity index (χ1v) is 5.55. The van der Waals surface area contributed by atoms with Crippen LogP contribution in [0.25, 0.3) is 0 Å². The Bertz CT molecular complexity index is 183. The van der Waals surface area contributed by atoms with Gasteiger partial charge in [-0.25, -0.2) is 5.48 Å². The van der Waals surface area contributed by atoms with E-state index in [9.17, 15) is 9.59 Å². The highest BCUT2D eigenvalue weighted by atomic mass is 16.5. The van der Waals surface area contributed by atoms with Gasteiger partial charge in [-0.15, -0.1) is 0 Å². The van der Waals surface area contributed by atoms with Gasteiger partial charge in [0.1, 0.15) is 0 Å². The van der Waals surface area contributed by atoms with E-state index in [0.29, 0.717) is 6.42 Å². The quantitative estimate of drug-likeness (QED) is 0.350. The molecule has 0 aliphatic heterocycles. The molecule has 0 aromatic rings. The van der Waals surface area contributed by atoms with Gasteiger partial charge in [-0.05, 0) is 6.42 Å². The van der Waals surface area contributed by atoms with Crippen LogP contribution in [-0.2, 0) is 9.59 Å². The summed E-state index contributed by atoms with van der Waals surface area (Å²) in [7, 11) is 0.